The van der Waals surface area contributed by atoms with Crippen molar-refractivity contribution in [3.63, 3.8) is 0 Å². The topological polar surface area (TPSA) is 136 Å². The summed E-state index contributed by atoms with van der Waals surface area (Å²) in [6, 6.07) is 18.0. The van der Waals surface area contributed by atoms with E-state index >= 15 is 0 Å². The molecule has 5 aromatic rings. The Labute approximate surface area is 226 Å². The zero-order valence-corrected chi connectivity index (χ0v) is 22.1. The van der Waals surface area contributed by atoms with Crippen molar-refractivity contribution in [3.05, 3.63) is 105 Å². The van der Waals surface area contributed by atoms with Crippen LogP contribution in [0.15, 0.2) is 82.7 Å². The fraction of sp³-hybridized carbons (Fsp3) is 0.0800. The van der Waals surface area contributed by atoms with E-state index in [1.54, 1.807) is 6.92 Å². The van der Waals surface area contributed by atoms with E-state index in [2.05, 4.69) is 25.2 Å². The number of carbonyl (C=O) groups is 1. The molecule has 0 aliphatic rings. The molecular weight excluding hydrogens is 548 g/mol. The third-order valence-electron chi connectivity index (χ3n) is 5.61. The second-order valence-corrected chi connectivity index (χ2v) is 11.3. The molecule has 2 N–H and O–H groups in total. The van der Waals surface area contributed by atoms with Gasteiger partial charge in [0, 0.05) is 5.69 Å². The van der Waals surface area contributed by atoms with Crippen molar-refractivity contribution in [3.8, 4) is 0 Å². The Morgan fingerprint density at radius 2 is 1.76 bits per heavy atom. The maximum absolute atomic E-state index is 13.1. The number of nitrogens with zero attached hydrogens (tertiary/aromatic N) is 4. The van der Waals surface area contributed by atoms with Gasteiger partial charge >= 0.3 is 0 Å². The molecule has 10 nitrogen and oxygen atoms in total. The lowest BCUT2D eigenvalue weighted by Gasteiger charge is -2.08. The van der Waals surface area contributed by atoms with Gasteiger partial charge in [-0.05, 0) is 54.4 Å². The number of aryl methyl sites for hydroxylation is 1. The van der Waals surface area contributed by atoms with Gasteiger partial charge in [-0.2, -0.15) is 0 Å². The molecule has 0 spiro atoms. The summed E-state index contributed by atoms with van der Waals surface area (Å²) in [7, 11) is -3.93. The number of hydrogen-bond donors (Lipinski definition) is 2. The molecule has 38 heavy (non-hydrogen) atoms. The molecule has 3 aromatic heterocycles. The number of carbonyl (C=O) groups excluding carboxylic acids is 1. The summed E-state index contributed by atoms with van der Waals surface area (Å²) in [4.78, 5) is 31.4. The molecule has 2 aromatic carbocycles. The zero-order chi connectivity index (χ0) is 26.9. The van der Waals surface area contributed by atoms with Crippen LogP contribution in [0.4, 0.5) is 11.5 Å². The average Bonchev–Trinajstić information content (AvgIpc) is 3.25. The highest BCUT2D eigenvalue weighted by atomic mass is 35.5. The van der Waals surface area contributed by atoms with Crippen LogP contribution in [0.5, 0.6) is 0 Å². The maximum atomic E-state index is 13.1. The lowest BCUT2D eigenvalue weighted by molar-refractivity contribution is 0.103. The lowest BCUT2D eigenvalue weighted by Crippen LogP contribution is -2.21. The number of benzene rings is 2. The van der Waals surface area contributed by atoms with Gasteiger partial charge in [-0.15, -0.1) is 21.5 Å². The van der Waals surface area contributed by atoms with Gasteiger partial charge in [0.2, 0.25) is 0 Å². The first kappa shape index (κ1) is 25.5. The predicted molar refractivity (Wildman–Crippen MR) is 146 cm³/mol. The summed E-state index contributed by atoms with van der Waals surface area (Å²) in [5.41, 5.74) is 1.66. The molecule has 1 amide bonds. The van der Waals surface area contributed by atoms with Crippen molar-refractivity contribution in [2.45, 2.75) is 18.4 Å². The second-order valence-electron chi connectivity index (χ2n) is 8.22. The normalized spacial score (nSPS) is 11.4. The molecule has 0 saturated carbocycles. The van der Waals surface area contributed by atoms with E-state index in [1.807, 2.05) is 30.3 Å². The summed E-state index contributed by atoms with van der Waals surface area (Å²) < 4.78 is 29.1. The lowest BCUT2D eigenvalue weighted by atomic mass is 10.2. The van der Waals surface area contributed by atoms with Gasteiger partial charge in [0.15, 0.2) is 11.0 Å². The number of rotatable bonds is 7. The third kappa shape index (κ3) is 5.28. The van der Waals surface area contributed by atoms with Crippen LogP contribution in [0, 0.1) is 6.92 Å². The number of thiophene rings is 1. The first-order valence-electron chi connectivity index (χ1n) is 11.2. The molecule has 0 fully saturated rings. The number of hydrogen-bond acceptors (Lipinski definition) is 8. The monoisotopic (exact) mass is 566 g/mol. The largest absolute Gasteiger partial charge is 0.321 e. The van der Waals surface area contributed by atoms with Gasteiger partial charge in [0.1, 0.15) is 4.83 Å². The maximum Gasteiger partial charge on any atom is 0.266 e. The quantitative estimate of drug-likeness (QED) is 0.299. The highest BCUT2D eigenvalue weighted by molar-refractivity contribution is 7.92. The summed E-state index contributed by atoms with van der Waals surface area (Å²) >= 11 is 6.80. The summed E-state index contributed by atoms with van der Waals surface area (Å²) in [5.74, 6) is -0.409. The van der Waals surface area contributed by atoms with Crippen molar-refractivity contribution in [2.75, 3.05) is 10.0 Å². The van der Waals surface area contributed by atoms with Gasteiger partial charge in [-0.1, -0.05) is 41.9 Å². The van der Waals surface area contributed by atoms with Crippen molar-refractivity contribution in [2.24, 2.45) is 0 Å². The van der Waals surface area contributed by atoms with E-state index in [9.17, 15) is 18.0 Å². The molecule has 0 aliphatic carbocycles. The number of nitrogens with one attached hydrogen (secondary N) is 2. The van der Waals surface area contributed by atoms with Crippen LogP contribution in [-0.4, -0.2) is 34.1 Å². The number of amides is 1. The van der Waals surface area contributed by atoms with Gasteiger partial charge < -0.3 is 5.32 Å². The van der Waals surface area contributed by atoms with Crippen LogP contribution >= 0.6 is 22.9 Å². The number of aromatic nitrogens is 4. The van der Waals surface area contributed by atoms with Crippen molar-refractivity contribution in [1.29, 1.82) is 0 Å². The van der Waals surface area contributed by atoms with Crippen molar-refractivity contribution < 1.29 is 13.2 Å². The Balaban J connectivity index is 1.34. The first-order valence-corrected chi connectivity index (χ1v) is 13.8. The summed E-state index contributed by atoms with van der Waals surface area (Å²) in [5, 5.41) is 10.6. The predicted octanol–water partition coefficient (Wildman–Crippen LogP) is 4.31. The Hall–Kier alpha value is -4.13. The van der Waals surface area contributed by atoms with E-state index < -0.39 is 15.9 Å². The molecule has 5 rings (SSSR count). The molecule has 0 radical (unpaired) electrons. The minimum absolute atomic E-state index is 0.0171. The third-order valence-corrected chi connectivity index (χ3v) is 8.38. The zero-order valence-electron chi connectivity index (χ0n) is 19.8. The minimum Gasteiger partial charge on any atom is -0.321 e. The molecule has 0 unspecified atom stereocenters. The van der Waals surface area contributed by atoms with Crippen molar-refractivity contribution >= 4 is 60.6 Å². The first-order chi connectivity index (χ1) is 18.2. The smallest absolute Gasteiger partial charge is 0.266 e. The van der Waals surface area contributed by atoms with E-state index in [-0.39, 0.29) is 21.4 Å². The van der Waals surface area contributed by atoms with Crippen LogP contribution in [-0.2, 0) is 16.6 Å². The number of fused-ring (bicyclic) bond motifs is 1. The SMILES string of the molecule is Cc1c(C(=O)Nc2ccc(S(=O)(=O)Nc3ccc(Cl)nn3)cc2)sc2ncn(Cc3ccccc3)c(=O)c12. The summed E-state index contributed by atoms with van der Waals surface area (Å²) in [6.07, 6.45) is 1.48. The highest BCUT2D eigenvalue weighted by Gasteiger charge is 2.20. The van der Waals surface area contributed by atoms with Crippen LogP contribution in [0.1, 0.15) is 20.8 Å². The van der Waals surface area contributed by atoms with Gasteiger partial charge in [-0.25, -0.2) is 13.4 Å². The number of anilines is 2. The van der Waals surface area contributed by atoms with Crippen LogP contribution in [0.3, 0.4) is 0 Å². The fourth-order valence-electron chi connectivity index (χ4n) is 3.74. The van der Waals surface area contributed by atoms with E-state index in [0.717, 1.165) is 16.9 Å². The molecule has 0 saturated heterocycles. The van der Waals surface area contributed by atoms with Gasteiger partial charge in [-0.3, -0.25) is 18.9 Å². The number of sulfonamides is 1. The summed E-state index contributed by atoms with van der Waals surface area (Å²) in [6.45, 7) is 2.08. The molecule has 0 bridgehead atoms. The van der Waals surface area contributed by atoms with E-state index in [0.29, 0.717) is 32.9 Å². The fourth-order valence-corrected chi connectivity index (χ4v) is 5.87. The highest BCUT2D eigenvalue weighted by Crippen LogP contribution is 2.28. The Bertz CT molecular complexity index is 1800. The average molecular weight is 567 g/mol. The molecule has 0 atom stereocenters. The second kappa shape index (κ2) is 10.3. The Kier molecular flexibility index (Phi) is 6.93. The van der Waals surface area contributed by atoms with Gasteiger partial charge in [0.25, 0.3) is 21.5 Å². The molecule has 13 heteroatoms. The number of halogens is 1. The van der Waals surface area contributed by atoms with Crippen LogP contribution < -0.4 is 15.6 Å². The molecule has 3 heterocycles. The van der Waals surface area contributed by atoms with E-state index in [1.165, 1.54) is 47.3 Å². The molecule has 0 aliphatic heterocycles. The minimum atomic E-state index is -3.93. The van der Waals surface area contributed by atoms with Crippen molar-refractivity contribution in [1.82, 2.24) is 19.7 Å². The standard InChI is InChI=1S/C25H19ClN6O4S2/c1-15-21-24(27-14-32(25(21)34)13-16-5-3-2-4-6-16)37-22(15)23(33)28-17-7-9-18(10-8-17)38(35,36)31-20-12-11-19(26)29-30-20/h2-12,14H,13H2,1H3,(H,28,33)(H,30,31). The van der Waals surface area contributed by atoms with Crippen LogP contribution in [0.25, 0.3) is 10.2 Å². The Morgan fingerprint density at radius 3 is 2.45 bits per heavy atom. The molecular formula is C25H19ClN6O4S2. The van der Waals surface area contributed by atoms with E-state index in [4.69, 9.17) is 11.6 Å². The Morgan fingerprint density at radius 1 is 1.03 bits per heavy atom. The molecule has 192 valence electrons. The van der Waals surface area contributed by atoms with Crippen LogP contribution in [0.2, 0.25) is 5.15 Å². The van der Waals surface area contributed by atoms with Gasteiger partial charge in [0.05, 0.1) is 28.0 Å².